The van der Waals surface area contributed by atoms with E-state index in [0.29, 0.717) is 17.9 Å². The highest BCUT2D eigenvalue weighted by molar-refractivity contribution is 7.92. The number of amides is 1. The summed E-state index contributed by atoms with van der Waals surface area (Å²) in [5.74, 6) is 0.950. The number of carbonyl (C=O) groups is 1. The number of hydrogen-bond donors (Lipinski definition) is 1. The van der Waals surface area contributed by atoms with Crippen molar-refractivity contribution in [3.05, 3.63) is 83.4 Å². The van der Waals surface area contributed by atoms with Gasteiger partial charge in [0, 0.05) is 6.54 Å². The van der Waals surface area contributed by atoms with Crippen molar-refractivity contribution in [2.24, 2.45) is 0 Å². The third-order valence-electron chi connectivity index (χ3n) is 6.15. The van der Waals surface area contributed by atoms with Crippen molar-refractivity contribution in [3.63, 3.8) is 0 Å². The first-order valence-corrected chi connectivity index (χ1v) is 13.0. The zero-order chi connectivity index (χ0) is 25.0. The molecule has 0 aromatic heterocycles. The fraction of sp³-hybridized carbons (Fsp3) is 0.296. The van der Waals surface area contributed by atoms with Gasteiger partial charge in [0.2, 0.25) is 0 Å². The van der Waals surface area contributed by atoms with Gasteiger partial charge in [-0.25, -0.2) is 8.42 Å². The normalized spacial score (nSPS) is 14.1. The molecule has 1 atom stereocenters. The van der Waals surface area contributed by atoms with E-state index in [1.54, 1.807) is 26.2 Å². The molecule has 0 saturated heterocycles. The van der Waals surface area contributed by atoms with E-state index in [1.165, 1.54) is 10.4 Å². The van der Waals surface area contributed by atoms with E-state index in [1.807, 2.05) is 55.5 Å². The van der Waals surface area contributed by atoms with E-state index in [9.17, 15) is 13.2 Å². The lowest BCUT2D eigenvalue weighted by Gasteiger charge is -2.30. The quantitative estimate of drug-likeness (QED) is 0.502. The molecule has 1 heterocycles. The predicted molar refractivity (Wildman–Crippen MR) is 136 cm³/mol. The fourth-order valence-corrected chi connectivity index (χ4v) is 5.85. The Hall–Kier alpha value is -3.52. The van der Waals surface area contributed by atoms with Crippen molar-refractivity contribution < 1.29 is 22.7 Å². The Morgan fingerprint density at radius 3 is 2.54 bits per heavy atom. The molecule has 1 aliphatic heterocycles. The molecule has 0 spiro atoms. The van der Waals surface area contributed by atoms with E-state index < -0.39 is 10.0 Å². The standard InChI is InChI=1S/C27H30N2O5S/c1-19-17-24(35(31,32)29-16-6-8-22-7-4-5-9-25(22)29)14-15-26(19)34-18-27(30)28-20(2)21-10-12-23(33-3)13-11-21/h4-5,7,9-15,17,20H,6,8,16,18H2,1-3H3,(H,28,30)/t20-/m1/s1. The average molecular weight is 495 g/mol. The number of nitrogens with zero attached hydrogens (tertiary/aromatic N) is 1. The van der Waals surface area contributed by atoms with Crippen LogP contribution in [0.1, 0.15) is 36.1 Å². The largest absolute Gasteiger partial charge is 0.497 e. The Balaban J connectivity index is 1.41. The highest BCUT2D eigenvalue weighted by Gasteiger charge is 2.29. The van der Waals surface area contributed by atoms with Crippen molar-refractivity contribution in [1.82, 2.24) is 5.32 Å². The third kappa shape index (κ3) is 5.43. The van der Waals surface area contributed by atoms with E-state index in [4.69, 9.17) is 9.47 Å². The zero-order valence-corrected chi connectivity index (χ0v) is 21.0. The number of hydrogen-bond acceptors (Lipinski definition) is 5. The second-order valence-corrected chi connectivity index (χ2v) is 10.5. The summed E-state index contributed by atoms with van der Waals surface area (Å²) in [5.41, 5.74) is 3.37. The molecule has 1 N–H and O–H groups in total. The minimum atomic E-state index is -3.71. The minimum absolute atomic E-state index is 0.174. The van der Waals surface area contributed by atoms with Gasteiger partial charge in [-0.15, -0.1) is 0 Å². The Labute approximate surface area is 206 Å². The molecule has 184 valence electrons. The summed E-state index contributed by atoms with van der Waals surface area (Å²) in [6.07, 6.45) is 1.65. The summed E-state index contributed by atoms with van der Waals surface area (Å²) < 4.78 is 39.1. The van der Waals surface area contributed by atoms with Crippen LogP contribution in [0.4, 0.5) is 5.69 Å². The predicted octanol–water partition coefficient (Wildman–Crippen LogP) is 4.40. The molecule has 0 saturated carbocycles. The Morgan fingerprint density at radius 1 is 1.09 bits per heavy atom. The van der Waals surface area contributed by atoms with Crippen LogP contribution in [-0.2, 0) is 21.2 Å². The first kappa shape index (κ1) is 24.6. The number of fused-ring (bicyclic) bond motifs is 1. The Kier molecular flexibility index (Phi) is 7.31. The topological polar surface area (TPSA) is 84.9 Å². The van der Waals surface area contributed by atoms with Crippen LogP contribution >= 0.6 is 0 Å². The van der Waals surface area contributed by atoms with Gasteiger partial charge < -0.3 is 14.8 Å². The van der Waals surface area contributed by atoms with Gasteiger partial charge in [0.15, 0.2) is 6.61 Å². The number of benzene rings is 3. The van der Waals surface area contributed by atoms with Crippen molar-refractivity contribution >= 4 is 21.6 Å². The maximum atomic E-state index is 13.4. The number of anilines is 1. The number of methoxy groups -OCH3 is 1. The van der Waals surface area contributed by atoms with Crippen LogP contribution in [0.5, 0.6) is 11.5 Å². The molecule has 3 aromatic carbocycles. The smallest absolute Gasteiger partial charge is 0.264 e. The second-order valence-electron chi connectivity index (χ2n) is 8.59. The summed E-state index contributed by atoms with van der Waals surface area (Å²) in [6, 6.07) is 19.6. The zero-order valence-electron chi connectivity index (χ0n) is 20.2. The van der Waals surface area contributed by atoms with Gasteiger partial charge in [0.25, 0.3) is 15.9 Å². The van der Waals surface area contributed by atoms with Gasteiger partial charge >= 0.3 is 0 Å². The van der Waals surface area contributed by atoms with Crippen molar-refractivity contribution in [2.75, 3.05) is 24.6 Å². The number of para-hydroxylation sites is 1. The molecule has 0 radical (unpaired) electrons. The summed E-state index contributed by atoms with van der Waals surface area (Å²) in [7, 11) is -2.10. The van der Waals surface area contributed by atoms with Gasteiger partial charge in [-0.3, -0.25) is 9.10 Å². The van der Waals surface area contributed by atoms with Crippen LogP contribution in [-0.4, -0.2) is 34.6 Å². The number of aryl methyl sites for hydroxylation is 2. The maximum absolute atomic E-state index is 13.4. The van der Waals surface area contributed by atoms with E-state index >= 15 is 0 Å². The summed E-state index contributed by atoms with van der Waals surface area (Å²) in [4.78, 5) is 12.6. The summed E-state index contributed by atoms with van der Waals surface area (Å²) in [5, 5.41) is 2.90. The van der Waals surface area contributed by atoms with Crippen LogP contribution in [0, 0.1) is 6.92 Å². The molecule has 7 nitrogen and oxygen atoms in total. The molecule has 0 fully saturated rings. The second kappa shape index (κ2) is 10.4. The molecule has 3 aromatic rings. The highest BCUT2D eigenvalue weighted by Crippen LogP contribution is 2.33. The molecule has 1 amide bonds. The molecule has 8 heteroatoms. The first-order chi connectivity index (χ1) is 16.8. The average Bonchev–Trinajstić information content (AvgIpc) is 2.87. The van der Waals surface area contributed by atoms with Crippen LogP contribution < -0.4 is 19.1 Å². The SMILES string of the molecule is COc1ccc([C@@H](C)NC(=O)COc2ccc(S(=O)(=O)N3CCCc4ccccc43)cc2C)cc1. The molecule has 1 aliphatic rings. The van der Waals surface area contributed by atoms with Gasteiger partial charge in [0.1, 0.15) is 11.5 Å². The van der Waals surface area contributed by atoms with Crippen LogP contribution in [0.25, 0.3) is 0 Å². The lowest BCUT2D eigenvalue weighted by molar-refractivity contribution is -0.123. The van der Waals surface area contributed by atoms with E-state index in [2.05, 4.69) is 5.32 Å². The highest BCUT2D eigenvalue weighted by atomic mass is 32.2. The van der Waals surface area contributed by atoms with Crippen molar-refractivity contribution in [2.45, 2.75) is 37.6 Å². The number of rotatable bonds is 8. The molecule has 0 aliphatic carbocycles. The summed E-state index contributed by atoms with van der Waals surface area (Å²) in [6.45, 7) is 3.94. The lowest BCUT2D eigenvalue weighted by atomic mass is 10.0. The van der Waals surface area contributed by atoms with Gasteiger partial charge in [-0.1, -0.05) is 30.3 Å². The molecule has 0 bridgehead atoms. The number of ether oxygens (including phenoxy) is 2. The molecular formula is C27H30N2O5S. The number of carbonyl (C=O) groups excluding carboxylic acids is 1. The molecule has 0 unspecified atom stereocenters. The summed E-state index contributed by atoms with van der Waals surface area (Å²) >= 11 is 0. The Bertz CT molecular complexity index is 1310. The van der Waals surface area contributed by atoms with Gasteiger partial charge in [0.05, 0.1) is 23.7 Å². The maximum Gasteiger partial charge on any atom is 0.264 e. The number of nitrogens with one attached hydrogen (secondary N) is 1. The van der Waals surface area contributed by atoms with Crippen LogP contribution in [0.3, 0.4) is 0 Å². The number of sulfonamides is 1. The van der Waals surface area contributed by atoms with Crippen molar-refractivity contribution in [1.29, 1.82) is 0 Å². The van der Waals surface area contributed by atoms with Gasteiger partial charge in [-0.2, -0.15) is 0 Å². The molecular weight excluding hydrogens is 464 g/mol. The van der Waals surface area contributed by atoms with Crippen LogP contribution in [0.15, 0.2) is 71.6 Å². The van der Waals surface area contributed by atoms with Crippen LogP contribution in [0.2, 0.25) is 0 Å². The molecule has 35 heavy (non-hydrogen) atoms. The monoisotopic (exact) mass is 494 g/mol. The minimum Gasteiger partial charge on any atom is -0.497 e. The van der Waals surface area contributed by atoms with E-state index in [0.717, 1.165) is 35.4 Å². The molecule has 4 rings (SSSR count). The first-order valence-electron chi connectivity index (χ1n) is 11.6. The third-order valence-corrected chi connectivity index (χ3v) is 7.96. The van der Waals surface area contributed by atoms with Gasteiger partial charge in [-0.05, 0) is 79.8 Å². The fourth-order valence-electron chi connectivity index (χ4n) is 4.22. The Morgan fingerprint density at radius 2 is 1.83 bits per heavy atom. The lowest BCUT2D eigenvalue weighted by Crippen LogP contribution is -2.35. The van der Waals surface area contributed by atoms with Crippen molar-refractivity contribution in [3.8, 4) is 11.5 Å². The van der Waals surface area contributed by atoms with E-state index in [-0.39, 0.29) is 23.5 Å².